The molecule has 0 saturated carbocycles. The van der Waals surface area contributed by atoms with Crippen molar-refractivity contribution in [2.75, 3.05) is 32.8 Å². The van der Waals surface area contributed by atoms with Crippen LogP contribution in [0.2, 0.25) is 0 Å². The molecule has 1 unspecified atom stereocenters. The number of carbonyl (C=O) groups excluding carboxylic acids is 1. The summed E-state index contributed by atoms with van der Waals surface area (Å²) in [6, 6.07) is 0. The highest BCUT2D eigenvalue weighted by Gasteiger charge is 2.23. The third-order valence-electron chi connectivity index (χ3n) is 3.59. The van der Waals surface area contributed by atoms with Gasteiger partial charge in [-0.1, -0.05) is 33.6 Å². The van der Waals surface area contributed by atoms with Crippen LogP contribution in [-0.2, 0) is 9.53 Å². The Bertz CT molecular complexity index is 217. The lowest BCUT2D eigenvalue weighted by Gasteiger charge is -2.08. The summed E-state index contributed by atoms with van der Waals surface area (Å²) in [4.78, 5) is 11.4. The van der Waals surface area contributed by atoms with E-state index in [0.717, 1.165) is 25.9 Å². The minimum Gasteiger partial charge on any atom is -0.465 e. The molecule has 0 spiro atoms. The van der Waals surface area contributed by atoms with Crippen LogP contribution in [0.15, 0.2) is 0 Å². The molecule has 20 heavy (non-hydrogen) atoms. The van der Waals surface area contributed by atoms with Crippen LogP contribution in [0.3, 0.4) is 0 Å². The first-order valence-corrected chi connectivity index (χ1v) is 7.92. The Morgan fingerprint density at radius 1 is 1.10 bits per heavy atom. The summed E-state index contributed by atoms with van der Waals surface area (Å²) >= 11 is 0. The molecule has 0 aromatic rings. The van der Waals surface area contributed by atoms with Gasteiger partial charge in [-0.2, -0.15) is 0 Å². The molecule has 1 atom stereocenters. The van der Waals surface area contributed by atoms with E-state index in [2.05, 4.69) is 17.6 Å². The molecule has 4 nitrogen and oxygen atoms in total. The molecule has 0 aliphatic carbocycles. The standard InChI is InChI=1S/C11H21NO2.C4H9N.CH4/c1-2-3-4-5-8-14-11(13)10-6-7-12-9-10;1-2-4-5-3-1;/h10,12H,2-9H2,1H3;5H,1-4H2;1H4. The predicted octanol–water partition coefficient (Wildman–Crippen LogP) is 2.73. The average molecular weight is 286 g/mol. The van der Waals surface area contributed by atoms with Crippen molar-refractivity contribution in [1.82, 2.24) is 10.6 Å². The molecule has 2 rings (SSSR count). The first kappa shape index (κ1) is 19.4. The Morgan fingerprint density at radius 2 is 1.85 bits per heavy atom. The normalized spacial score (nSPS) is 20.8. The minimum atomic E-state index is -0.00787. The maximum Gasteiger partial charge on any atom is 0.310 e. The molecule has 0 bridgehead atoms. The Kier molecular flexibility index (Phi) is 13.0. The summed E-state index contributed by atoms with van der Waals surface area (Å²) in [5.74, 6) is 0.104. The van der Waals surface area contributed by atoms with Gasteiger partial charge in [0.25, 0.3) is 0 Å². The fraction of sp³-hybridized carbons (Fsp3) is 0.938. The summed E-state index contributed by atoms with van der Waals surface area (Å²) in [7, 11) is 0. The highest BCUT2D eigenvalue weighted by atomic mass is 16.5. The van der Waals surface area contributed by atoms with Gasteiger partial charge in [0.1, 0.15) is 0 Å². The van der Waals surface area contributed by atoms with E-state index in [9.17, 15) is 4.79 Å². The van der Waals surface area contributed by atoms with Gasteiger partial charge < -0.3 is 15.4 Å². The summed E-state index contributed by atoms with van der Waals surface area (Å²) < 4.78 is 5.19. The van der Waals surface area contributed by atoms with Crippen molar-refractivity contribution in [2.24, 2.45) is 5.92 Å². The maximum absolute atomic E-state index is 11.4. The summed E-state index contributed by atoms with van der Waals surface area (Å²) in [6.07, 6.45) is 8.36. The van der Waals surface area contributed by atoms with Crippen molar-refractivity contribution in [3.05, 3.63) is 0 Å². The van der Waals surface area contributed by atoms with Crippen molar-refractivity contribution < 1.29 is 9.53 Å². The Balaban J connectivity index is 0.000000507. The van der Waals surface area contributed by atoms with Crippen molar-refractivity contribution in [3.8, 4) is 0 Å². The number of carbonyl (C=O) groups is 1. The highest BCUT2D eigenvalue weighted by molar-refractivity contribution is 5.73. The van der Waals surface area contributed by atoms with Gasteiger partial charge in [-0.05, 0) is 45.3 Å². The third kappa shape index (κ3) is 9.32. The van der Waals surface area contributed by atoms with Gasteiger partial charge >= 0.3 is 5.97 Å². The molecule has 0 aromatic carbocycles. The predicted molar refractivity (Wildman–Crippen MR) is 84.9 cm³/mol. The van der Waals surface area contributed by atoms with E-state index in [0.29, 0.717) is 6.61 Å². The van der Waals surface area contributed by atoms with Gasteiger partial charge in [-0.3, -0.25) is 4.79 Å². The molecule has 2 aliphatic rings. The molecule has 0 amide bonds. The van der Waals surface area contributed by atoms with E-state index < -0.39 is 0 Å². The fourth-order valence-electron chi connectivity index (χ4n) is 2.30. The molecule has 0 aromatic heterocycles. The second-order valence-electron chi connectivity index (χ2n) is 5.37. The topological polar surface area (TPSA) is 50.4 Å². The molecule has 2 aliphatic heterocycles. The molecule has 4 heteroatoms. The van der Waals surface area contributed by atoms with Crippen LogP contribution in [0.25, 0.3) is 0 Å². The van der Waals surface area contributed by atoms with Crippen LogP contribution in [0.4, 0.5) is 0 Å². The quantitative estimate of drug-likeness (QED) is 0.582. The zero-order chi connectivity index (χ0) is 13.8. The summed E-state index contributed by atoms with van der Waals surface area (Å²) in [6.45, 7) is 7.04. The molecule has 2 heterocycles. The largest absolute Gasteiger partial charge is 0.465 e. The Labute approximate surface area is 125 Å². The van der Waals surface area contributed by atoms with Gasteiger partial charge in [0.05, 0.1) is 12.5 Å². The van der Waals surface area contributed by atoms with Crippen LogP contribution >= 0.6 is 0 Å². The van der Waals surface area contributed by atoms with Crippen molar-refractivity contribution in [2.45, 2.75) is 59.3 Å². The van der Waals surface area contributed by atoms with E-state index in [-0.39, 0.29) is 19.3 Å². The summed E-state index contributed by atoms with van der Waals surface area (Å²) in [5.41, 5.74) is 0. The molecule has 2 N–H and O–H groups in total. The maximum atomic E-state index is 11.4. The minimum absolute atomic E-state index is 0. The van der Waals surface area contributed by atoms with E-state index in [1.165, 1.54) is 45.2 Å². The van der Waals surface area contributed by atoms with Crippen LogP contribution in [0.5, 0.6) is 0 Å². The van der Waals surface area contributed by atoms with Crippen LogP contribution in [-0.4, -0.2) is 38.8 Å². The first-order valence-electron chi connectivity index (χ1n) is 7.92. The molecule has 2 fully saturated rings. The van der Waals surface area contributed by atoms with Gasteiger partial charge in [-0.15, -0.1) is 0 Å². The molecule has 120 valence electrons. The lowest BCUT2D eigenvalue weighted by molar-refractivity contribution is -0.147. The molecular weight excluding hydrogens is 252 g/mol. The van der Waals surface area contributed by atoms with E-state index in [1.807, 2.05) is 0 Å². The Morgan fingerprint density at radius 3 is 2.35 bits per heavy atom. The van der Waals surface area contributed by atoms with E-state index >= 15 is 0 Å². The lowest BCUT2D eigenvalue weighted by Crippen LogP contribution is -2.20. The van der Waals surface area contributed by atoms with Crippen LogP contribution in [0.1, 0.15) is 59.3 Å². The van der Waals surface area contributed by atoms with E-state index in [1.54, 1.807) is 0 Å². The zero-order valence-electron chi connectivity index (χ0n) is 12.4. The summed E-state index contributed by atoms with van der Waals surface area (Å²) in [5, 5.41) is 6.39. The highest BCUT2D eigenvalue weighted by Crippen LogP contribution is 2.10. The third-order valence-corrected chi connectivity index (χ3v) is 3.59. The number of hydrogen-bond acceptors (Lipinski definition) is 4. The van der Waals surface area contributed by atoms with Gasteiger partial charge in [0.15, 0.2) is 0 Å². The number of esters is 1. The monoisotopic (exact) mass is 286 g/mol. The number of ether oxygens (including phenoxy) is 1. The number of rotatable bonds is 6. The first-order chi connectivity index (χ1) is 9.34. The Hall–Kier alpha value is -0.610. The smallest absolute Gasteiger partial charge is 0.310 e. The average Bonchev–Trinajstić information content (AvgIpc) is 3.13. The van der Waals surface area contributed by atoms with Gasteiger partial charge in [0.2, 0.25) is 0 Å². The number of hydrogen-bond donors (Lipinski definition) is 2. The van der Waals surface area contributed by atoms with Crippen molar-refractivity contribution >= 4 is 5.97 Å². The number of unbranched alkanes of at least 4 members (excludes halogenated alkanes) is 3. The molecule has 2 saturated heterocycles. The van der Waals surface area contributed by atoms with Crippen LogP contribution in [0, 0.1) is 5.92 Å². The molecule has 0 radical (unpaired) electrons. The van der Waals surface area contributed by atoms with Crippen molar-refractivity contribution in [3.63, 3.8) is 0 Å². The second-order valence-corrected chi connectivity index (χ2v) is 5.37. The zero-order valence-corrected chi connectivity index (χ0v) is 12.4. The van der Waals surface area contributed by atoms with E-state index in [4.69, 9.17) is 4.74 Å². The molecular formula is C16H34N2O2. The number of nitrogens with one attached hydrogen (secondary N) is 2. The fourth-order valence-corrected chi connectivity index (χ4v) is 2.30. The SMILES string of the molecule is C.C1CCNC1.CCCCCCOC(=O)C1CCNC1. The van der Waals surface area contributed by atoms with Gasteiger partial charge in [-0.25, -0.2) is 0 Å². The van der Waals surface area contributed by atoms with Crippen LogP contribution < -0.4 is 10.6 Å². The van der Waals surface area contributed by atoms with Crippen molar-refractivity contribution in [1.29, 1.82) is 0 Å². The second kappa shape index (κ2) is 13.4. The van der Waals surface area contributed by atoms with Gasteiger partial charge in [0, 0.05) is 6.54 Å². The lowest BCUT2D eigenvalue weighted by atomic mass is 10.1.